The van der Waals surface area contributed by atoms with Gasteiger partial charge >= 0.3 is 0 Å². The monoisotopic (exact) mass is 271 g/mol. The highest BCUT2D eigenvalue weighted by atomic mass is 35.5. The summed E-state index contributed by atoms with van der Waals surface area (Å²) in [6, 6.07) is 11.9. The zero-order valence-corrected chi connectivity index (χ0v) is 11.6. The van der Waals surface area contributed by atoms with E-state index in [1.165, 1.54) is 5.56 Å². The highest BCUT2D eigenvalue weighted by molar-refractivity contribution is 6.31. The Kier molecular flexibility index (Phi) is 2.72. The first-order chi connectivity index (χ1) is 9.06. The van der Waals surface area contributed by atoms with Crippen LogP contribution in [0.2, 0.25) is 5.02 Å². The van der Waals surface area contributed by atoms with Crippen LogP contribution >= 0.6 is 11.6 Å². The summed E-state index contributed by atoms with van der Waals surface area (Å²) in [6.07, 6.45) is 0. The molecule has 0 aliphatic rings. The first-order valence-corrected chi connectivity index (χ1v) is 6.45. The molecule has 4 heteroatoms. The molecule has 19 heavy (non-hydrogen) atoms. The third kappa shape index (κ3) is 1.96. The number of aryl methyl sites for hydroxylation is 2. The van der Waals surface area contributed by atoms with E-state index in [1.807, 2.05) is 22.8 Å². The Bertz CT molecular complexity index is 774. The molecule has 3 aromatic rings. The number of fused-ring (bicyclic) bond motifs is 1. The molecule has 0 bridgehead atoms. The number of aromatic nitrogens is 2. The van der Waals surface area contributed by atoms with Crippen molar-refractivity contribution in [2.45, 2.75) is 13.8 Å². The summed E-state index contributed by atoms with van der Waals surface area (Å²) in [5.74, 6) is 0.478. The molecular formula is C15H14ClN3. The summed E-state index contributed by atoms with van der Waals surface area (Å²) in [5, 5.41) is 0.680. The number of imidazole rings is 1. The van der Waals surface area contributed by atoms with E-state index in [0.29, 0.717) is 11.0 Å². The molecular weight excluding hydrogens is 258 g/mol. The normalized spacial score (nSPS) is 11.1. The highest BCUT2D eigenvalue weighted by Gasteiger charge is 2.12. The van der Waals surface area contributed by atoms with Crippen molar-refractivity contribution < 1.29 is 0 Å². The lowest BCUT2D eigenvalue weighted by Crippen LogP contribution is -2.02. The largest absolute Gasteiger partial charge is 0.369 e. The van der Waals surface area contributed by atoms with Crippen LogP contribution in [0.25, 0.3) is 16.7 Å². The van der Waals surface area contributed by atoms with Gasteiger partial charge in [-0.05, 0) is 49.2 Å². The molecule has 0 aliphatic carbocycles. The Balaban J connectivity index is 2.38. The maximum atomic E-state index is 6.08. The Morgan fingerprint density at radius 1 is 1.11 bits per heavy atom. The van der Waals surface area contributed by atoms with Gasteiger partial charge in [-0.1, -0.05) is 23.7 Å². The molecule has 1 heterocycles. The van der Waals surface area contributed by atoms with Crippen LogP contribution in [0.4, 0.5) is 5.95 Å². The van der Waals surface area contributed by atoms with Gasteiger partial charge in [0.2, 0.25) is 5.95 Å². The Labute approximate surface area is 116 Å². The minimum absolute atomic E-state index is 0.478. The summed E-state index contributed by atoms with van der Waals surface area (Å²) >= 11 is 6.08. The van der Waals surface area contributed by atoms with E-state index in [-0.39, 0.29) is 0 Å². The Hall–Kier alpha value is -2.00. The number of nitrogens with two attached hydrogens (primary N) is 1. The number of hydrogen-bond acceptors (Lipinski definition) is 2. The summed E-state index contributed by atoms with van der Waals surface area (Å²) in [4.78, 5) is 4.38. The fourth-order valence-electron chi connectivity index (χ4n) is 2.28. The molecule has 3 rings (SSSR count). The number of rotatable bonds is 1. The number of nitrogen functional groups attached to an aromatic ring is 1. The van der Waals surface area contributed by atoms with Crippen LogP contribution in [-0.2, 0) is 0 Å². The quantitative estimate of drug-likeness (QED) is 0.730. The van der Waals surface area contributed by atoms with Crippen LogP contribution < -0.4 is 5.73 Å². The molecule has 1 aromatic heterocycles. The van der Waals surface area contributed by atoms with Crippen molar-refractivity contribution in [3.05, 3.63) is 52.5 Å². The summed E-state index contributed by atoms with van der Waals surface area (Å²) in [6.45, 7) is 4.12. The molecule has 0 saturated carbocycles. The van der Waals surface area contributed by atoms with E-state index in [9.17, 15) is 0 Å². The lowest BCUT2D eigenvalue weighted by molar-refractivity contribution is 1.08. The molecule has 0 atom stereocenters. The van der Waals surface area contributed by atoms with Gasteiger partial charge in [0, 0.05) is 5.02 Å². The maximum absolute atomic E-state index is 6.08. The van der Waals surface area contributed by atoms with E-state index in [2.05, 4.69) is 37.0 Å². The fraction of sp³-hybridized carbons (Fsp3) is 0.133. The van der Waals surface area contributed by atoms with Gasteiger partial charge < -0.3 is 5.73 Å². The molecule has 0 amide bonds. The summed E-state index contributed by atoms with van der Waals surface area (Å²) in [5.41, 5.74) is 11.2. The molecule has 0 unspecified atom stereocenters. The molecule has 3 nitrogen and oxygen atoms in total. The molecule has 0 radical (unpaired) electrons. The van der Waals surface area contributed by atoms with E-state index in [4.69, 9.17) is 17.3 Å². The second kappa shape index (κ2) is 4.28. The zero-order valence-electron chi connectivity index (χ0n) is 10.8. The molecule has 2 N–H and O–H groups in total. The highest BCUT2D eigenvalue weighted by Crippen LogP contribution is 2.27. The van der Waals surface area contributed by atoms with E-state index < -0.39 is 0 Å². The van der Waals surface area contributed by atoms with Crippen molar-refractivity contribution in [2.75, 3.05) is 5.73 Å². The van der Waals surface area contributed by atoms with Crippen LogP contribution in [0.1, 0.15) is 11.1 Å². The van der Waals surface area contributed by atoms with Gasteiger partial charge in [-0.3, -0.25) is 4.57 Å². The van der Waals surface area contributed by atoms with Crippen LogP contribution in [0.5, 0.6) is 0 Å². The summed E-state index contributed by atoms with van der Waals surface area (Å²) in [7, 11) is 0. The third-order valence-corrected chi connectivity index (χ3v) is 3.48. The molecule has 96 valence electrons. The topological polar surface area (TPSA) is 43.8 Å². The van der Waals surface area contributed by atoms with Crippen molar-refractivity contribution in [3.63, 3.8) is 0 Å². The van der Waals surface area contributed by atoms with Gasteiger partial charge in [-0.2, -0.15) is 0 Å². The van der Waals surface area contributed by atoms with Crippen molar-refractivity contribution in [1.29, 1.82) is 0 Å². The Morgan fingerprint density at radius 2 is 1.89 bits per heavy atom. The molecule has 0 fully saturated rings. The maximum Gasteiger partial charge on any atom is 0.205 e. The van der Waals surface area contributed by atoms with E-state index in [0.717, 1.165) is 22.3 Å². The standard InChI is InChI=1S/C15H14ClN3/c1-9-3-4-10(2)13(7-9)19-14-8-11(16)5-6-12(14)18-15(19)17/h3-8H,1-2H3,(H2,17,18). The van der Waals surface area contributed by atoms with E-state index in [1.54, 1.807) is 0 Å². The third-order valence-electron chi connectivity index (χ3n) is 3.25. The number of hydrogen-bond donors (Lipinski definition) is 1. The lowest BCUT2D eigenvalue weighted by Gasteiger charge is -2.11. The number of anilines is 1. The minimum Gasteiger partial charge on any atom is -0.369 e. The lowest BCUT2D eigenvalue weighted by atomic mass is 10.1. The second-order valence-electron chi connectivity index (χ2n) is 4.73. The SMILES string of the molecule is Cc1ccc(C)c(-n2c(N)nc3ccc(Cl)cc32)c1. The number of halogens is 1. The zero-order chi connectivity index (χ0) is 13.6. The predicted octanol–water partition coefficient (Wildman–Crippen LogP) is 3.88. The van der Waals surface area contributed by atoms with Crippen LogP contribution in [0, 0.1) is 13.8 Å². The van der Waals surface area contributed by atoms with Gasteiger partial charge in [0.05, 0.1) is 16.7 Å². The first kappa shape index (κ1) is 12.1. The fourth-order valence-corrected chi connectivity index (χ4v) is 2.45. The number of benzene rings is 2. The van der Waals surface area contributed by atoms with Gasteiger partial charge in [-0.25, -0.2) is 4.98 Å². The van der Waals surface area contributed by atoms with Crippen molar-refractivity contribution in [1.82, 2.24) is 9.55 Å². The molecule has 0 spiro atoms. The number of nitrogens with zero attached hydrogens (tertiary/aromatic N) is 2. The summed E-state index contributed by atoms with van der Waals surface area (Å²) < 4.78 is 1.95. The van der Waals surface area contributed by atoms with Gasteiger partial charge in [0.15, 0.2) is 0 Å². The average molecular weight is 272 g/mol. The smallest absolute Gasteiger partial charge is 0.205 e. The van der Waals surface area contributed by atoms with Crippen LogP contribution in [0.3, 0.4) is 0 Å². The molecule has 2 aromatic carbocycles. The first-order valence-electron chi connectivity index (χ1n) is 6.07. The molecule has 0 aliphatic heterocycles. The van der Waals surface area contributed by atoms with Crippen molar-refractivity contribution in [3.8, 4) is 5.69 Å². The second-order valence-corrected chi connectivity index (χ2v) is 5.16. The van der Waals surface area contributed by atoms with Crippen LogP contribution in [-0.4, -0.2) is 9.55 Å². The van der Waals surface area contributed by atoms with E-state index >= 15 is 0 Å². The average Bonchev–Trinajstić information content (AvgIpc) is 2.68. The Morgan fingerprint density at radius 3 is 2.68 bits per heavy atom. The minimum atomic E-state index is 0.478. The predicted molar refractivity (Wildman–Crippen MR) is 80.0 cm³/mol. The van der Waals surface area contributed by atoms with Crippen molar-refractivity contribution >= 4 is 28.6 Å². The van der Waals surface area contributed by atoms with Gasteiger partial charge in [0.1, 0.15) is 0 Å². The van der Waals surface area contributed by atoms with Gasteiger partial charge in [0.25, 0.3) is 0 Å². The van der Waals surface area contributed by atoms with Crippen molar-refractivity contribution in [2.24, 2.45) is 0 Å². The molecule has 0 saturated heterocycles. The van der Waals surface area contributed by atoms with Crippen LogP contribution in [0.15, 0.2) is 36.4 Å². The van der Waals surface area contributed by atoms with Gasteiger partial charge in [-0.15, -0.1) is 0 Å².